The van der Waals surface area contributed by atoms with Crippen LogP contribution >= 0.6 is 0 Å². The van der Waals surface area contributed by atoms with E-state index >= 15 is 0 Å². The molecule has 0 unspecified atom stereocenters. The minimum Gasteiger partial charge on any atom is -0.496 e. The third-order valence-electron chi connectivity index (χ3n) is 5.58. The van der Waals surface area contributed by atoms with Gasteiger partial charge >= 0.3 is 0 Å². The highest BCUT2D eigenvalue weighted by Crippen LogP contribution is 2.27. The predicted molar refractivity (Wildman–Crippen MR) is 103 cm³/mol. The Morgan fingerprint density at radius 1 is 1.18 bits per heavy atom. The number of likely N-dealkylation sites (tertiary alicyclic amines) is 1. The smallest absolute Gasteiger partial charge is 0.257 e. The number of aromatic nitrogens is 2. The number of methoxy groups -OCH3 is 1. The van der Waals surface area contributed by atoms with E-state index in [4.69, 9.17) is 9.72 Å². The zero-order valence-corrected chi connectivity index (χ0v) is 16.2. The molecule has 28 heavy (non-hydrogen) atoms. The lowest BCUT2D eigenvalue weighted by atomic mass is 10.0. The second-order valence-electron chi connectivity index (χ2n) is 7.33. The molecule has 0 saturated carbocycles. The van der Waals surface area contributed by atoms with Crippen molar-refractivity contribution in [1.82, 2.24) is 19.8 Å². The number of ether oxygens (including phenoxy) is 1. The predicted octanol–water partition coefficient (Wildman–Crippen LogP) is 2.02. The molecule has 1 saturated heterocycles. The van der Waals surface area contributed by atoms with Crippen molar-refractivity contribution in [3.63, 3.8) is 0 Å². The fourth-order valence-electron chi connectivity index (χ4n) is 3.95. The summed E-state index contributed by atoms with van der Waals surface area (Å²) in [6.07, 6.45) is 3.45. The van der Waals surface area contributed by atoms with Gasteiger partial charge in [0.2, 0.25) is 5.91 Å². The van der Waals surface area contributed by atoms with Crippen molar-refractivity contribution in [2.45, 2.75) is 32.2 Å². The number of benzene rings is 1. The van der Waals surface area contributed by atoms with Crippen molar-refractivity contribution < 1.29 is 14.3 Å². The molecule has 0 N–H and O–H groups in total. The summed E-state index contributed by atoms with van der Waals surface area (Å²) in [5, 5.41) is 0. The normalized spacial score (nSPS) is 18.7. The van der Waals surface area contributed by atoms with E-state index in [9.17, 15) is 9.59 Å². The first-order valence-corrected chi connectivity index (χ1v) is 9.59. The van der Waals surface area contributed by atoms with Gasteiger partial charge in [0, 0.05) is 57.2 Å². The number of hydrogen-bond donors (Lipinski definition) is 0. The molecule has 3 heterocycles. The molecule has 7 nitrogen and oxygen atoms in total. The second kappa shape index (κ2) is 7.58. The van der Waals surface area contributed by atoms with Crippen LogP contribution in [-0.2, 0) is 17.8 Å². The van der Waals surface area contributed by atoms with Crippen LogP contribution in [0.4, 0.5) is 0 Å². The number of carbonyl (C=O) groups excluding carboxylic acids is 2. The van der Waals surface area contributed by atoms with Crippen LogP contribution < -0.4 is 4.74 Å². The van der Waals surface area contributed by atoms with E-state index in [0.29, 0.717) is 37.4 Å². The molecule has 1 fully saturated rings. The molecule has 1 atom stereocenters. The summed E-state index contributed by atoms with van der Waals surface area (Å²) in [6, 6.07) is 7.28. The quantitative estimate of drug-likeness (QED) is 0.814. The Balaban J connectivity index is 1.49. The van der Waals surface area contributed by atoms with Crippen LogP contribution in [0.3, 0.4) is 0 Å². The first-order valence-electron chi connectivity index (χ1n) is 9.59. The van der Waals surface area contributed by atoms with Gasteiger partial charge in [0.05, 0.1) is 18.4 Å². The second-order valence-corrected chi connectivity index (χ2v) is 7.33. The van der Waals surface area contributed by atoms with E-state index in [0.717, 1.165) is 30.0 Å². The third-order valence-corrected chi connectivity index (χ3v) is 5.58. The SMILES string of the molecule is COc1ccccc1C(=O)N1CCc2nc([C@H]3CCN(C(C)=O)C3)ncc2C1. The Morgan fingerprint density at radius 3 is 2.75 bits per heavy atom. The number of rotatable bonds is 3. The van der Waals surface area contributed by atoms with Crippen LogP contribution in [0.15, 0.2) is 30.5 Å². The Hall–Kier alpha value is -2.96. The number of carbonyl (C=O) groups is 2. The fourth-order valence-corrected chi connectivity index (χ4v) is 3.95. The minimum absolute atomic E-state index is 0.0416. The molecular formula is C21H24N4O3. The fraction of sp³-hybridized carbons (Fsp3) is 0.429. The molecule has 0 radical (unpaired) electrons. The van der Waals surface area contributed by atoms with Gasteiger partial charge in [-0.1, -0.05) is 12.1 Å². The lowest BCUT2D eigenvalue weighted by Gasteiger charge is -2.29. The van der Waals surface area contributed by atoms with Crippen molar-refractivity contribution in [2.24, 2.45) is 0 Å². The Kier molecular flexibility index (Phi) is 4.98. The molecule has 2 aliphatic rings. The average molecular weight is 380 g/mol. The zero-order chi connectivity index (χ0) is 19.7. The molecule has 1 aromatic heterocycles. The lowest BCUT2D eigenvalue weighted by molar-refractivity contribution is -0.127. The Morgan fingerprint density at radius 2 is 2.00 bits per heavy atom. The molecule has 146 valence electrons. The topological polar surface area (TPSA) is 75.6 Å². The summed E-state index contributed by atoms with van der Waals surface area (Å²) < 4.78 is 5.32. The van der Waals surface area contributed by atoms with E-state index in [1.54, 1.807) is 26.2 Å². The van der Waals surface area contributed by atoms with E-state index in [1.807, 2.05) is 28.1 Å². The highest BCUT2D eigenvalue weighted by Gasteiger charge is 2.29. The number of para-hydroxylation sites is 1. The van der Waals surface area contributed by atoms with E-state index < -0.39 is 0 Å². The molecular weight excluding hydrogens is 356 g/mol. The van der Waals surface area contributed by atoms with Crippen LogP contribution in [0.2, 0.25) is 0 Å². The van der Waals surface area contributed by atoms with Crippen molar-refractivity contribution in [3.8, 4) is 5.75 Å². The van der Waals surface area contributed by atoms with E-state index in [1.165, 1.54) is 0 Å². The van der Waals surface area contributed by atoms with Crippen LogP contribution in [-0.4, -0.2) is 58.3 Å². The standard InChI is InChI=1S/C21H24N4O3/c1-14(26)24-9-7-15(12-24)20-22-11-16-13-25(10-8-18(16)23-20)21(27)17-5-3-4-6-19(17)28-2/h3-6,11,15H,7-10,12-13H2,1-2H3/t15-/m0/s1. The first-order chi connectivity index (χ1) is 13.6. The number of amides is 2. The largest absolute Gasteiger partial charge is 0.496 e. The highest BCUT2D eigenvalue weighted by molar-refractivity contribution is 5.97. The third kappa shape index (κ3) is 3.44. The van der Waals surface area contributed by atoms with Crippen molar-refractivity contribution >= 4 is 11.8 Å². The summed E-state index contributed by atoms with van der Waals surface area (Å²) in [5.41, 5.74) is 2.57. The number of hydrogen-bond acceptors (Lipinski definition) is 5. The number of nitrogens with zero attached hydrogens (tertiary/aromatic N) is 4. The molecule has 0 spiro atoms. The van der Waals surface area contributed by atoms with Crippen LogP contribution in [0.25, 0.3) is 0 Å². The maximum atomic E-state index is 12.9. The first kappa shape index (κ1) is 18.4. The summed E-state index contributed by atoms with van der Waals surface area (Å²) in [7, 11) is 1.57. The number of fused-ring (bicyclic) bond motifs is 1. The maximum absolute atomic E-state index is 12.9. The summed E-state index contributed by atoms with van der Waals surface area (Å²) in [6.45, 7) is 4.17. The average Bonchev–Trinajstić information content (AvgIpc) is 3.23. The summed E-state index contributed by atoms with van der Waals surface area (Å²) >= 11 is 0. The van der Waals surface area contributed by atoms with Gasteiger partial charge < -0.3 is 14.5 Å². The van der Waals surface area contributed by atoms with Crippen LogP contribution in [0.1, 0.15) is 46.7 Å². The molecule has 1 aromatic carbocycles. The van der Waals surface area contributed by atoms with Gasteiger partial charge in [0.1, 0.15) is 11.6 Å². The lowest BCUT2D eigenvalue weighted by Crippen LogP contribution is -2.37. The molecule has 0 aliphatic carbocycles. The highest BCUT2D eigenvalue weighted by atomic mass is 16.5. The monoisotopic (exact) mass is 380 g/mol. The van der Waals surface area contributed by atoms with Crippen LogP contribution in [0, 0.1) is 0 Å². The summed E-state index contributed by atoms with van der Waals surface area (Å²) in [5.74, 6) is 1.65. The molecule has 2 amide bonds. The van der Waals surface area contributed by atoms with Gasteiger partial charge in [0.15, 0.2) is 0 Å². The van der Waals surface area contributed by atoms with Gasteiger partial charge in [-0.2, -0.15) is 0 Å². The van der Waals surface area contributed by atoms with E-state index in [-0.39, 0.29) is 17.7 Å². The Labute approximate surface area is 164 Å². The van der Waals surface area contributed by atoms with Crippen LogP contribution in [0.5, 0.6) is 5.75 Å². The van der Waals surface area contributed by atoms with Gasteiger partial charge in [0.25, 0.3) is 5.91 Å². The minimum atomic E-state index is -0.0416. The van der Waals surface area contributed by atoms with Crippen molar-refractivity contribution in [2.75, 3.05) is 26.7 Å². The van der Waals surface area contributed by atoms with Crippen molar-refractivity contribution in [1.29, 1.82) is 0 Å². The molecule has 2 aromatic rings. The van der Waals surface area contributed by atoms with Gasteiger partial charge in [-0.15, -0.1) is 0 Å². The summed E-state index contributed by atoms with van der Waals surface area (Å²) in [4.78, 5) is 37.5. The molecule has 4 rings (SSSR count). The molecule has 2 aliphatic heterocycles. The van der Waals surface area contributed by atoms with Gasteiger partial charge in [-0.05, 0) is 18.6 Å². The molecule has 0 bridgehead atoms. The zero-order valence-electron chi connectivity index (χ0n) is 16.2. The van der Waals surface area contributed by atoms with Gasteiger partial charge in [-0.25, -0.2) is 9.97 Å². The van der Waals surface area contributed by atoms with Crippen molar-refractivity contribution in [3.05, 3.63) is 53.1 Å². The van der Waals surface area contributed by atoms with Gasteiger partial charge in [-0.3, -0.25) is 9.59 Å². The maximum Gasteiger partial charge on any atom is 0.257 e. The molecule has 7 heteroatoms. The van der Waals surface area contributed by atoms with E-state index in [2.05, 4.69) is 4.98 Å². The Bertz CT molecular complexity index is 914.